The minimum Gasteiger partial charge on any atom is -0.497 e. The standard InChI is InChI=1S/C20H26O2/c1-3-4-5-6-7-17-8-14-20(15-9-17)22-16-18-10-12-19(21-2)13-11-18/h8-15H,3-7,16H2,1-2H3. The third-order valence-corrected chi connectivity index (χ3v) is 3.81. The lowest BCUT2D eigenvalue weighted by Gasteiger charge is -2.08. The summed E-state index contributed by atoms with van der Waals surface area (Å²) in [6.45, 7) is 2.83. The minimum absolute atomic E-state index is 0.583. The Labute approximate surface area is 134 Å². The molecule has 0 aromatic heterocycles. The van der Waals surface area contributed by atoms with Crippen molar-refractivity contribution in [2.75, 3.05) is 7.11 Å². The average Bonchev–Trinajstić information content (AvgIpc) is 2.58. The van der Waals surface area contributed by atoms with Gasteiger partial charge in [-0.25, -0.2) is 0 Å². The van der Waals surface area contributed by atoms with E-state index in [4.69, 9.17) is 9.47 Å². The van der Waals surface area contributed by atoms with Crippen molar-refractivity contribution in [3.8, 4) is 11.5 Å². The second-order valence-electron chi connectivity index (χ2n) is 5.59. The van der Waals surface area contributed by atoms with Crippen molar-refractivity contribution in [1.82, 2.24) is 0 Å². The molecule has 0 atom stereocenters. The third kappa shape index (κ3) is 5.44. The second kappa shape index (κ2) is 9.14. The van der Waals surface area contributed by atoms with E-state index >= 15 is 0 Å². The van der Waals surface area contributed by atoms with Gasteiger partial charge in [0.05, 0.1) is 7.11 Å². The first-order valence-corrected chi connectivity index (χ1v) is 8.16. The molecule has 22 heavy (non-hydrogen) atoms. The quantitative estimate of drug-likeness (QED) is 0.577. The van der Waals surface area contributed by atoms with Crippen molar-refractivity contribution in [2.45, 2.75) is 45.6 Å². The summed E-state index contributed by atoms with van der Waals surface area (Å²) >= 11 is 0. The Hall–Kier alpha value is -1.96. The maximum atomic E-state index is 5.82. The van der Waals surface area contributed by atoms with Crippen LogP contribution in [0.25, 0.3) is 0 Å². The maximum Gasteiger partial charge on any atom is 0.119 e. The Morgan fingerprint density at radius 2 is 1.36 bits per heavy atom. The molecular formula is C20H26O2. The van der Waals surface area contributed by atoms with Crippen molar-refractivity contribution in [1.29, 1.82) is 0 Å². The summed E-state index contributed by atoms with van der Waals surface area (Å²) in [5.74, 6) is 1.80. The average molecular weight is 298 g/mol. The molecule has 0 bridgehead atoms. The summed E-state index contributed by atoms with van der Waals surface area (Å²) < 4.78 is 11.0. The monoisotopic (exact) mass is 298 g/mol. The van der Waals surface area contributed by atoms with Crippen LogP contribution in [0.4, 0.5) is 0 Å². The number of unbranched alkanes of at least 4 members (excludes halogenated alkanes) is 3. The molecule has 2 aromatic rings. The van der Waals surface area contributed by atoms with E-state index in [-0.39, 0.29) is 0 Å². The first-order chi connectivity index (χ1) is 10.8. The molecule has 118 valence electrons. The van der Waals surface area contributed by atoms with Crippen LogP contribution in [-0.2, 0) is 13.0 Å². The number of rotatable bonds is 9. The zero-order chi connectivity index (χ0) is 15.6. The van der Waals surface area contributed by atoms with E-state index in [2.05, 4.69) is 31.2 Å². The van der Waals surface area contributed by atoms with Gasteiger partial charge < -0.3 is 9.47 Å². The Kier molecular flexibility index (Phi) is 6.82. The highest BCUT2D eigenvalue weighted by atomic mass is 16.5. The molecule has 0 radical (unpaired) electrons. The summed E-state index contributed by atoms with van der Waals surface area (Å²) in [5.41, 5.74) is 2.54. The number of hydrogen-bond donors (Lipinski definition) is 0. The SMILES string of the molecule is CCCCCCc1ccc(OCc2ccc(OC)cc2)cc1. The van der Waals surface area contributed by atoms with Gasteiger partial charge in [-0.3, -0.25) is 0 Å². The molecule has 0 amide bonds. The van der Waals surface area contributed by atoms with Gasteiger partial charge in [-0.2, -0.15) is 0 Å². The highest BCUT2D eigenvalue weighted by Gasteiger charge is 1.99. The van der Waals surface area contributed by atoms with Gasteiger partial charge in [-0.15, -0.1) is 0 Å². The molecule has 0 heterocycles. The van der Waals surface area contributed by atoms with Crippen LogP contribution >= 0.6 is 0 Å². The Balaban J connectivity index is 1.78. The molecule has 2 rings (SSSR count). The van der Waals surface area contributed by atoms with Gasteiger partial charge in [0.1, 0.15) is 18.1 Å². The fraction of sp³-hybridized carbons (Fsp3) is 0.400. The van der Waals surface area contributed by atoms with E-state index in [1.807, 2.05) is 24.3 Å². The number of benzene rings is 2. The van der Waals surface area contributed by atoms with Crippen LogP contribution in [0, 0.1) is 0 Å². The Bertz CT molecular complexity index is 529. The van der Waals surface area contributed by atoms with Gasteiger partial charge in [0.15, 0.2) is 0 Å². The summed E-state index contributed by atoms with van der Waals surface area (Å²) in [6.07, 6.45) is 6.39. The van der Waals surface area contributed by atoms with Crippen molar-refractivity contribution in [3.05, 3.63) is 59.7 Å². The van der Waals surface area contributed by atoms with Crippen LogP contribution < -0.4 is 9.47 Å². The van der Waals surface area contributed by atoms with E-state index in [0.717, 1.165) is 17.1 Å². The summed E-state index contributed by atoms with van der Waals surface area (Å²) in [5, 5.41) is 0. The largest absolute Gasteiger partial charge is 0.497 e. The smallest absolute Gasteiger partial charge is 0.119 e. The van der Waals surface area contributed by atoms with Gasteiger partial charge in [0, 0.05) is 0 Å². The van der Waals surface area contributed by atoms with Crippen molar-refractivity contribution in [2.24, 2.45) is 0 Å². The van der Waals surface area contributed by atoms with Gasteiger partial charge >= 0.3 is 0 Å². The van der Waals surface area contributed by atoms with Crippen LogP contribution in [-0.4, -0.2) is 7.11 Å². The molecule has 0 aliphatic carbocycles. The molecule has 0 saturated heterocycles. The molecule has 2 heteroatoms. The van der Waals surface area contributed by atoms with Crippen LogP contribution in [0.3, 0.4) is 0 Å². The minimum atomic E-state index is 0.583. The highest BCUT2D eigenvalue weighted by molar-refractivity contribution is 5.29. The van der Waals surface area contributed by atoms with Crippen LogP contribution in [0.15, 0.2) is 48.5 Å². The lowest BCUT2D eigenvalue weighted by Crippen LogP contribution is -1.96. The molecule has 0 spiro atoms. The van der Waals surface area contributed by atoms with E-state index in [1.165, 1.54) is 37.7 Å². The molecule has 0 saturated carbocycles. The summed E-state index contributed by atoms with van der Waals surface area (Å²) in [6, 6.07) is 16.5. The molecular weight excluding hydrogens is 272 g/mol. The number of ether oxygens (including phenoxy) is 2. The molecule has 0 N–H and O–H groups in total. The van der Waals surface area contributed by atoms with E-state index in [1.54, 1.807) is 7.11 Å². The first-order valence-electron chi connectivity index (χ1n) is 8.16. The highest BCUT2D eigenvalue weighted by Crippen LogP contribution is 2.17. The zero-order valence-corrected chi connectivity index (χ0v) is 13.7. The fourth-order valence-corrected chi connectivity index (χ4v) is 2.40. The summed E-state index contributed by atoms with van der Waals surface area (Å²) in [4.78, 5) is 0. The number of methoxy groups -OCH3 is 1. The number of aryl methyl sites for hydroxylation is 1. The second-order valence-corrected chi connectivity index (χ2v) is 5.59. The molecule has 2 nitrogen and oxygen atoms in total. The fourth-order valence-electron chi connectivity index (χ4n) is 2.40. The third-order valence-electron chi connectivity index (χ3n) is 3.81. The zero-order valence-electron chi connectivity index (χ0n) is 13.7. The van der Waals surface area contributed by atoms with E-state index in [9.17, 15) is 0 Å². The van der Waals surface area contributed by atoms with Crippen molar-refractivity contribution in [3.63, 3.8) is 0 Å². The number of hydrogen-bond acceptors (Lipinski definition) is 2. The van der Waals surface area contributed by atoms with E-state index < -0.39 is 0 Å². The van der Waals surface area contributed by atoms with Crippen molar-refractivity contribution < 1.29 is 9.47 Å². The molecule has 0 unspecified atom stereocenters. The molecule has 2 aromatic carbocycles. The van der Waals surface area contributed by atoms with E-state index in [0.29, 0.717) is 6.61 Å². The molecule has 0 aliphatic rings. The predicted molar refractivity (Wildman–Crippen MR) is 91.6 cm³/mol. The molecule has 0 fully saturated rings. The predicted octanol–water partition coefficient (Wildman–Crippen LogP) is 5.40. The topological polar surface area (TPSA) is 18.5 Å². The van der Waals surface area contributed by atoms with Gasteiger partial charge in [0.2, 0.25) is 0 Å². The van der Waals surface area contributed by atoms with Gasteiger partial charge in [0.25, 0.3) is 0 Å². The van der Waals surface area contributed by atoms with Crippen LogP contribution in [0.1, 0.15) is 43.7 Å². The Morgan fingerprint density at radius 3 is 2.00 bits per heavy atom. The van der Waals surface area contributed by atoms with Gasteiger partial charge in [-0.05, 0) is 48.2 Å². The first kappa shape index (κ1) is 16.4. The lowest BCUT2D eigenvalue weighted by atomic mass is 10.1. The van der Waals surface area contributed by atoms with Gasteiger partial charge in [-0.1, -0.05) is 50.5 Å². The summed E-state index contributed by atoms with van der Waals surface area (Å²) in [7, 11) is 1.68. The Morgan fingerprint density at radius 1 is 0.727 bits per heavy atom. The normalized spacial score (nSPS) is 10.5. The maximum absolute atomic E-state index is 5.82. The lowest BCUT2D eigenvalue weighted by molar-refractivity contribution is 0.306. The molecule has 0 aliphatic heterocycles. The van der Waals surface area contributed by atoms with Crippen LogP contribution in [0.2, 0.25) is 0 Å². The van der Waals surface area contributed by atoms with Crippen molar-refractivity contribution >= 4 is 0 Å². The van der Waals surface area contributed by atoms with Crippen LogP contribution in [0.5, 0.6) is 11.5 Å².